The quantitative estimate of drug-likeness (QED) is 0.830. The molecule has 4 nitrogen and oxygen atoms in total. The van der Waals surface area contributed by atoms with Crippen LogP contribution in [-0.4, -0.2) is 27.7 Å². The summed E-state index contributed by atoms with van der Waals surface area (Å²) in [5.41, 5.74) is 2.11. The lowest BCUT2D eigenvalue weighted by Crippen LogP contribution is -2.27. The summed E-state index contributed by atoms with van der Waals surface area (Å²) < 4.78 is 1.91. The zero-order valence-electron chi connectivity index (χ0n) is 13.8. The number of thioether (sulfide) groups is 2. The zero-order chi connectivity index (χ0) is 16.6. The van der Waals surface area contributed by atoms with Crippen LogP contribution in [0.5, 0.6) is 0 Å². The molecular formula is C17H21N3OS2. The largest absolute Gasteiger partial charge is 0.310 e. The van der Waals surface area contributed by atoms with Crippen LogP contribution < -0.4 is 5.32 Å². The standard InChI is InChI=1S/C17H21N3OS2/c1-17(2,3)20-16-13(9-18-20)15(23-10-14(21)19-16)11-5-7-12(22-4)8-6-11/h5-9,15H,10H2,1-4H3,(H,19,21). The third-order valence-electron chi connectivity index (χ3n) is 3.77. The van der Waals surface area contributed by atoms with Gasteiger partial charge < -0.3 is 5.32 Å². The van der Waals surface area contributed by atoms with E-state index in [2.05, 4.69) is 61.7 Å². The van der Waals surface area contributed by atoms with Gasteiger partial charge >= 0.3 is 0 Å². The van der Waals surface area contributed by atoms with E-state index in [9.17, 15) is 4.79 Å². The van der Waals surface area contributed by atoms with Crippen molar-refractivity contribution in [3.63, 3.8) is 0 Å². The number of hydrogen-bond donors (Lipinski definition) is 1. The first-order chi connectivity index (χ1) is 10.9. The molecule has 1 aromatic heterocycles. The Hall–Kier alpha value is -1.40. The van der Waals surface area contributed by atoms with E-state index < -0.39 is 0 Å². The Labute approximate surface area is 145 Å². The summed E-state index contributed by atoms with van der Waals surface area (Å²) in [7, 11) is 0. The summed E-state index contributed by atoms with van der Waals surface area (Å²) in [6, 6.07) is 8.57. The molecule has 1 aliphatic rings. The van der Waals surface area contributed by atoms with E-state index in [1.807, 2.05) is 10.9 Å². The van der Waals surface area contributed by atoms with Crippen LogP contribution in [0.25, 0.3) is 0 Å². The first-order valence-electron chi connectivity index (χ1n) is 7.54. The Bertz CT molecular complexity index is 716. The number of benzene rings is 1. The number of anilines is 1. The van der Waals surface area contributed by atoms with Gasteiger partial charge in [-0.1, -0.05) is 12.1 Å². The van der Waals surface area contributed by atoms with Crippen LogP contribution in [-0.2, 0) is 10.3 Å². The van der Waals surface area contributed by atoms with Crippen molar-refractivity contribution in [3.05, 3.63) is 41.6 Å². The summed E-state index contributed by atoms with van der Waals surface area (Å²) in [5, 5.41) is 7.70. The Balaban J connectivity index is 2.06. The van der Waals surface area contributed by atoms with Gasteiger partial charge in [-0.05, 0) is 44.7 Å². The maximum absolute atomic E-state index is 12.1. The number of hydrogen-bond acceptors (Lipinski definition) is 4. The van der Waals surface area contributed by atoms with Crippen LogP contribution in [0.4, 0.5) is 5.82 Å². The van der Waals surface area contributed by atoms with E-state index in [0.717, 1.165) is 11.4 Å². The number of rotatable bonds is 2. The number of carbonyl (C=O) groups is 1. The Morgan fingerprint density at radius 2 is 2.00 bits per heavy atom. The second-order valence-corrected chi connectivity index (χ2v) is 8.52. The number of nitrogens with zero attached hydrogens (tertiary/aromatic N) is 2. The fourth-order valence-electron chi connectivity index (χ4n) is 2.66. The number of nitrogens with one attached hydrogen (secondary N) is 1. The molecule has 0 radical (unpaired) electrons. The minimum Gasteiger partial charge on any atom is -0.310 e. The first-order valence-corrected chi connectivity index (χ1v) is 9.81. The SMILES string of the molecule is CSc1ccc(C2SCC(=O)Nc3c2cnn3C(C)(C)C)cc1. The minimum atomic E-state index is -0.177. The van der Waals surface area contributed by atoms with E-state index in [-0.39, 0.29) is 16.7 Å². The highest BCUT2D eigenvalue weighted by molar-refractivity contribution is 8.00. The number of carbonyl (C=O) groups excluding carboxylic acids is 1. The maximum Gasteiger partial charge on any atom is 0.235 e. The van der Waals surface area contributed by atoms with Gasteiger partial charge in [0.25, 0.3) is 0 Å². The number of fused-ring (bicyclic) bond motifs is 1. The predicted molar refractivity (Wildman–Crippen MR) is 98.4 cm³/mol. The van der Waals surface area contributed by atoms with Crippen molar-refractivity contribution in [2.45, 2.75) is 36.5 Å². The second-order valence-electron chi connectivity index (χ2n) is 6.54. The van der Waals surface area contributed by atoms with Crippen LogP contribution in [0.3, 0.4) is 0 Å². The van der Waals surface area contributed by atoms with Crippen LogP contribution in [0.1, 0.15) is 37.1 Å². The normalized spacial score (nSPS) is 18.3. The van der Waals surface area contributed by atoms with Gasteiger partial charge in [-0.2, -0.15) is 5.10 Å². The van der Waals surface area contributed by atoms with E-state index in [4.69, 9.17) is 0 Å². The number of amides is 1. The van der Waals surface area contributed by atoms with E-state index in [0.29, 0.717) is 5.75 Å². The summed E-state index contributed by atoms with van der Waals surface area (Å²) in [6.45, 7) is 6.27. The molecule has 1 amide bonds. The fraction of sp³-hybridized carbons (Fsp3) is 0.412. The summed E-state index contributed by atoms with van der Waals surface area (Å²) in [6.07, 6.45) is 3.97. The highest BCUT2D eigenvalue weighted by Crippen LogP contribution is 2.42. The predicted octanol–water partition coefficient (Wildman–Crippen LogP) is 4.13. The van der Waals surface area contributed by atoms with Crippen molar-refractivity contribution < 1.29 is 4.79 Å². The maximum atomic E-state index is 12.1. The second kappa shape index (κ2) is 6.24. The molecule has 23 heavy (non-hydrogen) atoms. The highest BCUT2D eigenvalue weighted by Gasteiger charge is 2.30. The van der Waals surface area contributed by atoms with Gasteiger partial charge in [-0.25, -0.2) is 4.68 Å². The summed E-state index contributed by atoms with van der Waals surface area (Å²) >= 11 is 3.39. The van der Waals surface area contributed by atoms with Gasteiger partial charge in [0.05, 0.1) is 22.7 Å². The van der Waals surface area contributed by atoms with Crippen LogP contribution in [0.15, 0.2) is 35.4 Å². The van der Waals surface area contributed by atoms with Crippen LogP contribution in [0.2, 0.25) is 0 Å². The molecule has 0 fully saturated rings. The molecule has 1 N–H and O–H groups in total. The fourth-order valence-corrected chi connectivity index (χ4v) is 4.16. The van der Waals surface area contributed by atoms with Crippen molar-refractivity contribution in [2.75, 3.05) is 17.3 Å². The minimum absolute atomic E-state index is 0.0329. The molecule has 2 heterocycles. The molecule has 0 saturated carbocycles. The van der Waals surface area contributed by atoms with Crippen LogP contribution >= 0.6 is 23.5 Å². The molecular weight excluding hydrogens is 326 g/mol. The van der Waals surface area contributed by atoms with Gasteiger partial charge in [0.15, 0.2) is 0 Å². The lowest BCUT2D eigenvalue weighted by atomic mass is 10.1. The van der Waals surface area contributed by atoms with Gasteiger partial charge in [0.2, 0.25) is 5.91 Å². The molecule has 6 heteroatoms. The smallest absolute Gasteiger partial charge is 0.235 e. The third-order valence-corrected chi connectivity index (χ3v) is 5.80. The molecule has 1 aliphatic heterocycles. The van der Waals surface area contributed by atoms with Gasteiger partial charge in [0.1, 0.15) is 5.82 Å². The van der Waals surface area contributed by atoms with E-state index in [1.54, 1.807) is 23.5 Å². The van der Waals surface area contributed by atoms with Crippen LogP contribution in [0, 0.1) is 0 Å². The molecule has 0 spiro atoms. The van der Waals surface area contributed by atoms with E-state index >= 15 is 0 Å². The summed E-state index contributed by atoms with van der Waals surface area (Å²) in [5.74, 6) is 1.31. The zero-order valence-corrected chi connectivity index (χ0v) is 15.4. The van der Waals surface area contributed by atoms with Crippen molar-refractivity contribution in [3.8, 4) is 0 Å². The molecule has 1 aromatic carbocycles. The summed E-state index contributed by atoms with van der Waals surface area (Å²) in [4.78, 5) is 13.4. The van der Waals surface area contributed by atoms with Crippen molar-refractivity contribution in [1.29, 1.82) is 0 Å². The molecule has 3 rings (SSSR count). The topological polar surface area (TPSA) is 46.9 Å². The number of aromatic nitrogens is 2. The third kappa shape index (κ3) is 3.28. The first kappa shape index (κ1) is 16.5. The Kier molecular flexibility index (Phi) is 4.47. The average molecular weight is 348 g/mol. The van der Waals surface area contributed by atoms with Gasteiger partial charge in [-0.15, -0.1) is 23.5 Å². The highest BCUT2D eigenvalue weighted by atomic mass is 32.2. The van der Waals surface area contributed by atoms with Gasteiger partial charge in [0, 0.05) is 10.5 Å². The Morgan fingerprint density at radius 3 is 2.61 bits per heavy atom. The molecule has 0 bridgehead atoms. The molecule has 122 valence electrons. The lowest BCUT2D eigenvalue weighted by molar-refractivity contribution is -0.113. The molecule has 0 aliphatic carbocycles. The molecule has 2 aromatic rings. The van der Waals surface area contributed by atoms with E-state index in [1.165, 1.54) is 10.5 Å². The van der Waals surface area contributed by atoms with Crippen molar-refractivity contribution in [1.82, 2.24) is 9.78 Å². The van der Waals surface area contributed by atoms with Crippen molar-refractivity contribution in [2.24, 2.45) is 0 Å². The lowest BCUT2D eigenvalue weighted by Gasteiger charge is -2.23. The molecule has 1 unspecified atom stereocenters. The average Bonchev–Trinajstić information content (AvgIpc) is 2.85. The van der Waals surface area contributed by atoms with Gasteiger partial charge in [-0.3, -0.25) is 4.79 Å². The Morgan fingerprint density at radius 1 is 1.30 bits per heavy atom. The van der Waals surface area contributed by atoms with Crippen molar-refractivity contribution >= 4 is 35.2 Å². The molecule has 0 saturated heterocycles. The molecule has 1 atom stereocenters. The monoisotopic (exact) mass is 347 g/mol.